The van der Waals surface area contributed by atoms with Gasteiger partial charge in [0.1, 0.15) is 0 Å². The van der Waals surface area contributed by atoms with Gasteiger partial charge in [-0.05, 0) is 36.8 Å². The first-order valence-corrected chi connectivity index (χ1v) is 11.1. The lowest BCUT2D eigenvalue weighted by molar-refractivity contribution is 0.0300. The average molecular weight is 387 g/mol. The fraction of sp³-hybridized carbons (Fsp3) is 0.588. The molecule has 1 N–H and O–H groups in total. The molecule has 1 amide bonds. The van der Waals surface area contributed by atoms with Gasteiger partial charge < -0.3 is 9.64 Å². The largest absolute Gasteiger partial charge is 0.378 e. The summed E-state index contributed by atoms with van der Waals surface area (Å²) in [7, 11) is -3.62. The first kappa shape index (κ1) is 20.2. The molecule has 1 saturated heterocycles. The van der Waals surface area contributed by atoms with Crippen LogP contribution in [0.3, 0.4) is 0 Å². The van der Waals surface area contributed by atoms with Crippen molar-refractivity contribution in [3.63, 3.8) is 0 Å². The Morgan fingerprint density at radius 1 is 1.32 bits per heavy atom. The molecule has 6 nitrogen and oxygen atoms in total. The molecule has 0 unspecified atom stereocenters. The van der Waals surface area contributed by atoms with Gasteiger partial charge in [-0.2, -0.15) is 0 Å². The van der Waals surface area contributed by atoms with Crippen LogP contribution in [-0.4, -0.2) is 58.3 Å². The second kappa shape index (κ2) is 9.02. The number of morpholine rings is 1. The summed E-state index contributed by atoms with van der Waals surface area (Å²) in [6.45, 7) is 6.54. The Kier molecular flexibility index (Phi) is 7.30. The van der Waals surface area contributed by atoms with E-state index in [0.717, 1.165) is 11.3 Å². The normalized spacial score (nSPS) is 15.6. The van der Waals surface area contributed by atoms with E-state index in [4.69, 9.17) is 4.74 Å². The van der Waals surface area contributed by atoms with E-state index in [1.165, 1.54) is 17.8 Å². The molecule has 1 aromatic rings. The summed E-state index contributed by atoms with van der Waals surface area (Å²) in [6.07, 6.45) is 2.64. The highest BCUT2D eigenvalue weighted by Crippen LogP contribution is 2.25. The van der Waals surface area contributed by atoms with E-state index in [-0.39, 0.29) is 10.8 Å². The number of hydrogen-bond acceptors (Lipinski definition) is 5. The van der Waals surface area contributed by atoms with Gasteiger partial charge in [0.2, 0.25) is 10.0 Å². The number of nitrogens with zero attached hydrogens (tertiary/aromatic N) is 1. The minimum atomic E-state index is -3.62. The number of amides is 1. The molecule has 1 aliphatic rings. The molecule has 0 radical (unpaired) electrons. The predicted octanol–water partition coefficient (Wildman–Crippen LogP) is 2.21. The smallest absolute Gasteiger partial charge is 0.255 e. The molecular weight excluding hydrogens is 360 g/mol. The summed E-state index contributed by atoms with van der Waals surface area (Å²) in [5.41, 5.74) is 0.432. The van der Waals surface area contributed by atoms with Crippen LogP contribution in [0.15, 0.2) is 28.0 Å². The molecule has 0 aromatic heterocycles. The monoisotopic (exact) mass is 386 g/mol. The zero-order valence-corrected chi connectivity index (χ0v) is 16.6. The molecular formula is C17H26N2O4S2. The van der Waals surface area contributed by atoms with Crippen molar-refractivity contribution in [1.82, 2.24) is 9.62 Å². The van der Waals surface area contributed by atoms with E-state index >= 15 is 0 Å². The number of nitrogens with one attached hydrogen (secondary N) is 1. The number of hydrogen-bond donors (Lipinski definition) is 1. The molecule has 0 bridgehead atoms. The van der Waals surface area contributed by atoms with Gasteiger partial charge in [0.25, 0.3) is 5.91 Å². The molecule has 2 rings (SSSR count). The van der Waals surface area contributed by atoms with Gasteiger partial charge in [0, 0.05) is 24.5 Å². The van der Waals surface area contributed by atoms with Gasteiger partial charge in [-0.25, -0.2) is 13.1 Å². The Balaban J connectivity index is 2.25. The second-order valence-electron chi connectivity index (χ2n) is 6.35. The number of thioether (sulfide) groups is 1. The van der Waals surface area contributed by atoms with E-state index in [0.29, 0.717) is 44.3 Å². The van der Waals surface area contributed by atoms with Crippen molar-refractivity contribution in [2.45, 2.75) is 30.1 Å². The third kappa shape index (κ3) is 5.44. The van der Waals surface area contributed by atoms with Crippen LogP contribution >= 0.6 is 11.8 Å². The molecule has 1 heterocycles. The van der Waals surface area contributed by atoms with Crippen LogP contribution in [0.5, 0.6) is 0 Å². The van der Waals surface area contributed by atoms with E-state index in [2.05, 4.69) is 4.72 Å². The number of sulfonamides is 1. The molecule has 1 aromatic carbocycles. The number of carbonyl (C=O) groups is 1. The zero-order chi connectivity index (χ0) is 18.4. The zero-order valence-electron chi connectivity index (χ0n) is 14.9. The first-order valence-electron chi connectivity index (χ1n) is 8.40. The van der Waals surface area contributed by atoms with Crippen LogP contribution < -0.4 is 4.72 Å². The lowest BCUT2D eigenvalue weighted by Gasteiger charge is -2.27. The lowest BCUT2D eigenvalue weighted by Crippen LogP contribution is -2.41. The van der Waals surface area contributed by atoms with Gasteiger partial charge in [-0.15, -0.1) is 11.8 Å². The molecule has 0 spiro atoms. The molecule has 8 heteroatoms. The summed E-state index contributed by atoms with van der Waals surface area (Å²) in [6, 6.07) is 4.75. The summed E-state index contributed by atoms with van der Waals surface area (Å²) in [5.74, 6) is 0.270. The molecule has 1 aliphatic heterocycles. The van der Waals surface area contributed by atoms with Crippen LogP contribution in [0, 0.1) is 5.92 Å². The Labute approximate surface area is 154 Å². The minimum absolute atomic E-state index is 0.130. The van der Waals surface area contributed by atoms with Gasteiger partial charge in [-0.1, -0.05) is 13.8 Å². The summed E-state index contributed by atoms with van der Waals surface area (Å²) in [4.78, 5) is 15.4. The highest BCUT2D eigenvalue weighted by Gasteiger charge is 2.23. The SMILES string of the molecule is CSc1ccc(S(=O)(=O)NCCC(C)C)cc1C(=O)N1CCOCC1. The van der Waals surface area contributed by atoms with E-state index in [1.54, 1.807) is 17.0 Å². The van der Waals surface area contributed by atoms with Gasteiger partial charge in [0.15, 0.2) is 0 Å². The van der Waals surface area contributed by atoms with Crippen molar-refractivity contribution in [3.8, 4) is 0 Å². The Morgan fingerprint density at radius 2 is 2.00 bits per heavy atom. The van der Waals surface area contributed by atoms with Gasteiger partial charge in [0.05, 0.1) is 23.7 Å². The van der Waals surface area contributed by atoms with Crippen molar-refractivity contribution < 1.29 is 17.9 Å². The maximum Gasteiger partial charge on any atom is 0.255 e. The van der Waals surface area contributed by atoms with Crippen LogP contribution in [0.25, 0.3) is 0 Å². The third-order valence-electron chi connectivity index (χ3n) is 4.02. The number of benzene rings is 1. The van der Waals surface area contributed by atoms with E-state index in [1.807, 2.05) is 20.1 Å². The third-order valence-corrected chi connectivity index (χ3v) is 6.28. The maximum atomic E-state index is 12.8. The number of rotatable bonds is 7. The molecule has 0 saturated carbocycles. The van der Waals surface area contributed by atoms with Crippen molar-refractivity contribution >= 4 is 27.7 Å². The van der Waals surface area contributed by atoms with Crippen molar-refractivity contribution in [1.29, 1.82) is 0 Å². The van der Waals surface area contributed by atoms with Crippen LogP contribution in [-0.2, 0) is 14.8 Å². The van der Waals surface area contributed by atoms with Crippen molar-refractivity contribution in [2.24, 2.45) is 5.92 Å². The molecule has 1 fully saturated rings. The van der Waals surface area contributed by atoms with Crippen molar-refractivity contribution in [3.05, 3.63) is 23.8 Å². The highest BCUT2D eigenvalue weighted by molar-refractivity contribution is 7.98. The van der Waals surface area contributed by atoms with Gasteiger partial charge >= 0.3 is 0 Å². The maximum absolute atomic E-state index is 12.8. The summed E-state index contributed by atoms with van der Waals surface area (Å²) in [5, 5.41) is 0. The highest BCUT2D eigenvalue weighted by atomic mass is 32.2. The first-order chi connectivity index (χ1) is 11.8. The van der Waals surface area contributed by atoms with Crippen LogP contribution in [0.4, 0.5) is 0 Å². The Hall–Kier alpha value is -1.09. The van der Waals surface area contributed by atoms with Crippen molar-refractivity contribution in [2.75, 3.05) is 39.1 Å². The Bertz CT molecular complexity index is 699. The van der Waals surface area contributed by atoms with Crippen LogP contribution in [0.2, 0.25) is 0 Å². The molecule has 0 aliphatic carbocycles. The molecule has 0 atom stereocenters. The Morgan fingerprint density at radius 3 is 2.60 bits per heavy atom. The number of ether oxygens (including phenoxy) is 1. The minimum Gasteiger partial charge on any atom is -0.378 e. The molecule has 140 valence electrons. The second-order valence-corrected chi connectivity index (χ2v) is 8.96. The topological polar surface area (TPSA) is 75.7 Å². The summed E-state index contributed by atoms with van der Waals surface area (Å²) < 4.78 is 32.9. The fourth-order valence-corrected chi connectivity index (χ4v) is 4.17. The van der Waals surface area contributed by atoms with E-state index < -0.39 is 10.0 Å². The van der Waals surface area contributed by atoms with Gasteiger partial charge in [-0.3, -0.25) is 4.79 Å². The lowest BCUT2D eigenvalue weighted by atomic mass is 10.1. The van der Waals surface area contributed by atoms with Crippen LogP contribution in [0.1, 0.15) is 30.6 Å². The number of carbonyl (C=O) groups excluding carboxylic acids is 1. The molecule has 25 heavy (non-hydrogen) atoms. The fourth-order valence-electron chi connectivity index (χ4n) is 2.52. The average Bonchev–Trinajstić information content (AvgIpc) is 2.60. The standard InChI is InChI=1S/C17H26N2O4S2/c1-13(2)6-7-18-25(21,22)14-4-5-16(24-3)15(12-14)17(20)19-8-10-23-11-9-19/h4-5,12-13,18H,6-11H2,1-3H3. The predicted molar refractivity (Wildman–Crippen MR) is 99.6 cm³/mol. The quantitative estimate of drug-likeness (QED) is 0.727. The summed E-state index contributed by atoms with van der Waals surface area (Å²) >= 11 is 1.43. The van der Waals surface area contributed by atoms with E-state index in [9.17, 15) is 13.2 Å².